The Morgan fingerprint density at radius 3 is 2.75 bits per heavy atom. The Kier molecular flexibility index (Phi) is 1.55. The van der Waals surface area contributed by atoms with Crippen LogP contribution in [0.2, 0.25) is 0 Å². The van der Waals surface area contributed by atoms with Crippen molar-refractivity contribution >= 4 is 18.2 Å². The van der Waals surface area contributed by atoms with Crippen LogP contribution in [-0.4, -0.2) is 28.2 Å². The Balaban J connectivity index is 2.21. The van der Waals surface area contributed by atoms with Gasteiger partial charge in [-0.15, -0.1) is 0 Å². The van der Waals surface area contributed by atoms with Gasteiger partial charge in [-0.25, -0.2) is 4.98 Å². The van der Waals surface area contributed by atoms with E-state index in [4.69, 9.17) is 0 Å². The Morgan fingerprint density at radius 1 is 1.42 bits per heavy atom. The number of aromatic nitrogens is 2. The molecule has 1 aliphatic heterocycles. The number of H-pyrrole nitrogens is 1. The molecule has 0 saturated carbocycles. The molecular weight excluding hydrogens is 156 g/mol. The molecule has 2 rings (SSSR count). The molecule has 0 fully saturated rings. The third-order valence-electron chi connectivity index (χ3n) is 1.59. The first-order chi connectivity index (χ1) is 5.88. The van der Waals surface area contributed by atoms with Gasteiger partial charge in [-0.2, -0.15) is 10.2 Å². The van der Waals surface area contributed by atoms with Crippen LogP contribution in [0.1, 0.15) is 10.5 Å². The largest absolute Gasteiger partial charge is 0.342 e. The molecule has 1 aromatic heterocycles. The van der Waals surface area contributed by atoms with Crippen molar-refractivity contribution in [2.24, 2.45) is 16.1 Å². The zero-order valence-corrected chi connectivity index (χ0v) is 6.14. The molecule has 0 radical (unpaired) electrons. The molecule has 0 saturated heterocycles. The summed E-state index contributed by atoms with van der Waals surface area (Å²) in [5, 5.41) is 7.17. The van der Waals surface area contributed by atoms with Gasteiger partial charge in [0.05, 0.1) is 18.4 Å². The number of nitrogens with zero attached hydrogens (tertiary/aromatic N) is 3. The van der Waals surface area contributed by atoms with E-state index in [1.54, 1.807) is 0 Å². The summed E-state index contributed by atoms with van der Waals surface area (Å²) in [7, 11) is 0. The van der Waals surface area contributed by atoms with Crippen LogP contribution in [-0.2, 0) is 0 Å². The van der Waals surface area contributed by atoms with Gasteiger partial charge in [0, 0.05) is 12.4 Å². The number of hydrogen-bond donors (Lipinski definition) is 1. The molecule has 5 heteroatoms. The Labute approximate surface area is 68.2 Å². The highest BCUT2D eigenvalue weighted by Gasteiger charge is 2.19. The normalized spacial score (nSPS) is 15.7. The first kappa shape index (κ1) is 6.90. The molecule has 60 valence electrons. The van der Waals surface area contributed by atoms with E-state index in [9.17, 15) is 4.79 Å². The van der Waals surface area contributed by atoms with Crippen molar-refractivity contribution in [3.63, 3.8) is 0 Å². The van der Waals surface area contributed by atoms with Crippen molar-refractivity contribution in [3.05, 3.63) is 18.2 Å². The Morgan fingerprint density at radius 2 is 2.17 bits per heavy atom. The van der Waals surface area contributed by atoms with Gasteiger partial charge in [-0.05, 0) is 0 Å². The maximum atomic E-state index is 11.5. The third-order valence-corrected chi connectivity index (χ3v) is 1.59. The fraction of sp³-hybridized carbons (Fsp3) is 0.143. The SMILES string of the molecule is O=C(c1cnc[nH]1)C1C=NN=C1. The number of carbonyl (C=O) groups excluding carboxylic acids is 1. The third kappa shape index (κ3) is 1.05. The highest BCUT2D eigenvalue weighted by atomic mass is 16.1. The number of nitrogens with one attached hydrogen (secondary N) is 1. The van der Waals surface area contributed by atoms with Crippen molar-refractivity contribution in [1.82, 2.24) is 9.97 Å². The van der Waals surface area contributed by atoms with Crippen LogP contribution in [0.15, 0.2) is 22.7 Å². The van der Waals surface area contributed by atoms with E-state index in [1.165, 1.54) is 25.0 Å². The minimum atomic E-state index is -0.328. The minimum Gasteiger partial charge on any atom is -0.342 e. The summed E-state index contributed by atoms with van der Waals surface area (Å²) >= 11 is 0. The molecule has 0 spiro atoms. The van der Waals surface area contributed by atoms with Gasteiger partial charge in [0.15, 0.2) is 5.78 Å². The second-order valence-corrected chi connectivity index (χ2v) is 2.38. The van der Waals surface area contributed by atoms with Crippen LogP contribution >= 0.6 is 0 Å². The molecule has 2 heterocycles. The molecule has 0 aliphatic carbocycles. The molecule has 1 aromatic rings. The van der Waals surface area contributed by atoms with Gasteiger partial charge >= 0.3 is 0 Å². The molecule has 5 nitrogen and oxygen atoms in total. The lowest BCUT2D eigenvalue weighted by Gasteiger charge is -1.96. The summed E-state index contributed by atoms with van der Waals surface area (Å²) < 4.78 is 0. The maximum Gasteiger partial charge on any atom is 0.194 e. The molecule has 0 bridgehead atoms. The summed E-state index contributed by atoms with van der Waals surface area (Å²) in [5.74, 6) is -0.386. The van der Waals surface area contributed by atoms with Crippen LogP contribution in [0, 0.1) is 5.92 Å². The lowest BCUT2D eigenvalue weighted by Crippen LogP contribution is -2.15. The van der Waals surface area contributed by atoms with E-state index in [1.807, 2.05) is 0 Å². The first-order valence-electron chi connectivity index (χ1n) is 3.47. The highest BCUT2D eigenvalue weighted by Crippen LogP contribution is 2.05. The lowest BCUT2D eigenvalue weighted by molar-refractivity contribution is 0.0978. The summed E-state index contributed by atoms with van der Waals surface area (Å²) in [4.78, 5) is 17.9. The number of hydrogen-bond acceptors (Lipinski definition) is 4. The van der Waals surface area contributed by atoms with Crippen LogP contribution in [0.5, 0.6) is 0 Å². The van der Waals surface area contributed by atoms with E-state index in [-0.39, 0.29) is 11.7 Å². The monoisotopic (exact) mass is 162 g/mol. The summed E-state index contributed by atoms with van der Waals surface area (Å²) in [5.41, 5.74) is 0.486. The van der Waals surface area contributed by atoms with Crippen molar-refractivity contribution in [2.75, 3.05) is 0 Å². The smallest absolute Gasteiger partial charge is 0.194 e. The number of rotatable bonds is 2. The summed E-state index contributed by atoms with van der Waals surface area (Å²) in [6.45, 7) is 0. The zero-order chi connectivity index (χ0) is 8.39. The van der Waals surface area contributed by atoms with Gasteiger partial charge < -0.3 is 4.98 Å². The highest BCUT2D eigenvalue weighted by molar-refractivity contribution is 6.16. The molecule has 0 unspecified atom stereocenters. The average Bonchev–Trinajstić information content (AvgIpc) is 2.77. The number of Topliss-reactive ketones (excluding diaryl/α,β-unsaturated/α-hetero) is 1. The molecule has 1 N–H and O–H groups in total. The maximum absolute atomic E-state index is 11.5. The van der Waals surface area contributed by atoms with Crippen LogP contribution in [0.4, 0.5) is 0 Å². The lowest BCUT2D eigenvalue weighted by atomic mass is 10.1. The fourth-order valence-electron chi connectivity index (χ4n) is 0.965. The summed E-state index contributed by atoms with van der Waals surface area (Å²) in [6.07, 6.45) is 5.96. The van der Waals surface area contributed by atoms with Crippen molar-refractivity contribution < 1.29 is 4.79 Å². The van der Waals surface area contributed by atoms with Crippen molar-refractivity contribution in [2.45, 2.75) is 0 Å². The van der Waals surface area contributed by atoms with Crippen LogP contribution < -0.4 is 0 Å². The van der Waals surface area contributed by atoms with E-state index in [0.717, 1.165) is 0 Å². The van der Waals surface area contributed by atoms with E-state index in [0.29, 0.717) is 5.69 Å². The van der Waals surface area contributed by atoms with Crippen LogP contribution in [0.25, 0.3) is 0 Å². The summed E-state index contributed by atoms with van der Waals surface area (Å²) in [6, 6.07) is 0. The van der Waals surface area contributed by atoms with Gasteiger partial charge in [0.25, 0.3) is 0 Å². The minimum absolute atomic E-state index is 0.0579. The zero-order valence-electron chi connectivity index (χ0n) is 6.14. The van der Waals surface area contributed by atoms with Gasteiger partial charge in [-0.3, -0.25) is 4.79 Å². The molecule has 12 heavy (non-hydrogen) atoms. The Bertz CT molecular complexity index is 326. The van der Waals surface area contributed by atoms with Crippen molar-refractivity contribution in [3.8, 4) is 0 Å². The first-order valence-corrected chi connectivity index (χ1v) is 3.47. The molecule has 0 aromatic carbocycles. The van der Waals surface area contributed by atoms with Gasteiger partial charge in [0.1, 0.15) is 5.69 Å². The molecule has 0 atom stereocenters. The molecule has 1 aliphatic rings. The number of ketones is 1. The average molecular weight is 162 g/mol. The number of carbonyl (C=O) groups is 1. The number of aromatic amines is 1. The van der Waals surface area contributed by atoms with E-state index >= 15 is 0 Å². The van der Waals surface area contributed by atoms with Crippen molar-refractivity contribution in [1.29, 1.82) is 0 Å². The Hall–Kier alpha value is -1.78. The second-order valence-electron chi connectivity index (χ2n) is 2.38. The quantitative estimate of drug-likeness (QED) is 0.634. The molecular formula is C7H6N4O. The van der Waals surface area contributed by atoms with Gasteiger partial charge in [0.2, 0.25) is 0 Å². The number of imidazole rings is 1. The van der Waals surface area contributed by atoms with Gasteiger partial charge in [-0.1, -0.05) is 0 Å². The molecule has 0 amide bonds. The van der Waals surface area contributed by atoms with Crippen LogP contribution in [0.3, 0.4) is 0 Å². The van der Waals surface area contributed by atoms with E-state index < -0.39 is 0 Å². The predicted octanol–water partition coefficient (Wildman–Crippen LogP) is 0.279. The predicted molar refractivity (Wildman–Crippen MR) is 43.4 cm³/mol. The standard InChI is InChI=1S/C7H6N4O/c12-7(5-1-10-11-2-5)6-3-8-4-9-6/h1-5H,(H,8,9). The fourth-order valence-corrected chi connectivity index (χ4v) is 0.965. The van der Waals surface area contributed by atoms with E-state index in [2.05, 4.69) is 20.2 Å². The second kappa shape index (κ2) is 2.69. The topological polar surface area (TPSA) is 70.5 Å².